The quantitative estimate of drug-likeness (QED) is 0.468. The molecule has 3 heterocycles. The van der Waals surface area contributed by atoms with E-state index in [-0.39, 0.29) is 12.3 Å². The molecule has 0 radical (unpaired) electrons. The second-order valence-corrected chi connectivity index (χ2v) is 8.20. The van der Waals surface area contributed by atoms with Gasteiger partial charge in [-0.25, -0.2) is 14.2 Å². The van der Waals surface area contributed by atoms with Gasteiger partial charge in [-0.2, -0.15) is 10.1 Å². The van der Waals surface area contributed by atoms with Crippen molar-refractivity contribution >= 4 is 23.4 Å². The monoisotopic (exact) mass is 435 g/mol. The smallest absolute Gasteiger partial charge is 0.253 e. The van der Waals surface area contributed by atoms with Crippen molar-refractivity contribution in [3.05, 3.63) is 64.2 Å². The molecule has 1 N–H and O–H groups in total. The fraction of sp³-hybridized carbons (Fsp3) is 0.318. The molecule has 0 spiro atoms. The first-order valence-corrected chi connectivity index (χ1v) is 11.3. The van der Waals surface area contributed by atoms with Gasteiger partial charge in [-0.3, -0.25) is 4.79 Å². The van der Waals surface area contributed by atoms with E-state index in [1.54, 1.807) is 4.52 Å². The minimum absolute atomic E-state index is 0.0659. The Morgan fingerprint density at radius 2 is 1.71 bits per heavy atom. The molecule has 0 aliphatic heterocycles. The van der Waals surface area contributed by atoms with Crippen LogP contribution in [0.4, 0.5) is 0 Å². The third-order valence-electron chi connectivity index (χ3n) is 5.45. The van der Waals surface area contributed by atoms with E-state index < -0.39 is 0 Å². The number of thioether (sulfide) groups is 1. The molecule has 4 aromatic rings. The van der Waals surface area contributed by atoms with Crippen molar-refractivity contribution in [2.45, 2.75) is 45.8 Å². The van der Waals surface area contributed by atoms with Gasteiger partial charge in [0.15, 0.2) is 0 Å². The molecule has 0 unspecified atom stereocenters. The number of hydrogen-bond acceptors (Lipinski definition) is 6. The van der Waals surface area contributed by atoms with Gasteiger partial charge in [-0.05, 0) is 46.1 Å². The lowest BCUT2D eigenvalue weighted by Gasteiger charge is -2.11. The normalized spacial score (nSPS) is 11.3. The van der Waals surface area contributed by atoms with Crippen LogP contribution in [0.1, 0.15) is 33.9 Å². The molecule has 0 fully saturated rings. The average Bonchev–Trinajstić information content (AvgIpc) is 3.30. The molecule has 1 aromatic carbocycles. The first kappa shape index (κ1) is 21.0. The van der Waals surface area contributed by atoms with Crippen molar-refractivity contribution < 1.29 is 4.79 Å². The van der Waals surface area contributed by atoms with Crippen LogP contribution in [0.25, 0.3) is 11.5 Å². The van der Waals surface area contributed by atoms with Crippen molar-refractivity contribution in [2.75, 3.05) is 6.26 Å². The highest BCUT2D eigenvalue weighted by Gasteiger charge is 2.17. The lowest BCUT2D eigenvalue weighted by molar-refractivity contribution is -0.120. The number of fused-ring (bicyclic) bond motifs is 1. The summed E-state index contributed by atoms with van der Waals surface area (Å²) in [5.41, 5.74) is 6.51. The second kappa shape index (κ2) is 8.50. The van der Waals surface area contributed by atoms with Crippen molar-refractivity contribution in [1.82, 2.24) is 34.7 Å². The zero-order valence-electron chi connectivity index (χ0n) is 18.3. The van der Waals surface area contributed by atoms with Crippen LogP contribution in [-0.2, 0) is 17.8 Å². The number of nitrogens with one attached hydrogen (secondary N) is 1. The summed E-state index contributed by atoms with van der Waals surface area (Å²) in [6.07, 6.45) is 2.16. The van der Waals surface area contributed by atoms with E-state index in [4.69, 9.17) is 0 Å². The standard InChI is InChI=1S/C22H25N7OS/c1-13-18(15(3)29-21(24-13)25-22(27-29)31-5)11-20(30)23-12-19-14(2)26-28(16(19)4)17-9-7-6-8-10-17/h6-10H,11-12H2,1-5H3,(H,23,30). The minimum atomic E-state index is -0.0659. The third-order valence-corrected chi connectivity index (χ3v) is 5.99. The van der Waals surface area contributed by atoms with Crippen LogP contribution in [-0.4, -0.2) is 41.5 Å². The Kier molecular flexibility index (Phi) is 5.77. The number of nitrogens with zero attached hydrogens (tertiary/aromatic N) is 6. The van der Waals surface area contributed by atoms with Gasteiger partial charge in [-0.15, -0.1) is 5.10 Å². The molecule has 9 heteroatoms. The SMILES string of the molecule is CSc1nc2nc(C)c(CC(=O)NCc3c(C)nn(-c4ccccc4)c3C)c(C)n2n1. The van der Waals surface area contributed by atoms with Crippen molar-refractivity contribution in [3.63, 3.8) is 0 Å². The van der Waals surface area contributed by atoms with Crippen molar-refractivity contribution in [1.29, 1.82) is 0 Å². The van der Waals surface area contributed by atoms with Gasteiger partial charge in [0.2, 0.25) is 11.1 Å². The molecule has 8 nitrogen and oxygen atoms in total. The largest absolute Gasteiger partial charge is 0.352 e. The molecular formula is C22H25N7OS. The van der Waals surface area contributed by atoms with E-state index in [1.807, 2.05) is 69.0 Å². The summed E-state index contributed by atoms with van der Waals surface area (Å²) in [6, 6.07) is 9.99. The zero-order valence-corrected chi connectivity index (χ0v) is 19.1. The minimum Gasteiger partial charge on any atom is -0.352 e. The number of hydrogen-bond donors (Lipinski definition) is 1. The van der Waals surface area contributed by atoms with Crippen LogP contribution in [0.5, 0.6) is 0 Å². The van der Waals surface area contributed by atoms with E-state index in [0.29, 0.717) is 17.5 Å². The average molecular weight is 436 g/mol. The van der Waals surface area contributed by atoms with Crippen LogP contribution in [0.2, 0.25) is 0 Å². The van der Waals surface area contributed by atoms with Gasteiger partial charge < -0.3 is 5.32 Å². The molecule has 0 saturated heterocycles. The van der Waals surface area contributed by atoms with Gasteiger partial charge in [0.25, 0.3) is 5.78 Å². The topological polar surface area (TPSA) is 90.0 Å². The van der Waals surface area contributed by atoms with E-state index in [0.717, 1.165) is 39.6 Å². The predicted octanol–water partition coefficient (Wildman–Crippen LogP) is 3.12. The van der Waals surface area contributed by atoms with Crippen LogP contribution in [0.3, 0.4) is 0 Å². The number of rotatable bonds is 6. The van der Waals surface area contributed by atoms with Crippen molar-refractivity contribution in [3.8, 4) is 5.69 Å². The van der Waals surface area contributed by atoms with Crippen LogP contribution >= 0.6 is 11.8 Å². The molecule has 0 bridgehead atoms. The fourth-order valence-corrected chi connectivity index (χ4v) is 4.03. The molecule has 1 amide bonds. The van der Waals surface area contributed by atoms with E-state index in [9.17, 15) is 4.79 Å². The maximum atomic E-state index is 12.8. The lowest BCUT2D eigenvalue weighted by atomic mass is 10.1. The van der Waals surface area contributed by atoms with Crippen LogP contribution < -0.4 is 5.32 Å². The van der Waals surface area contributed by atoms with Gasteiger partial charge >= 0.3 is 0 Å². The Labute approximate surface area is 185 Å². The highest BCUT2D eigenvalue weighted by molar-refractivity contribution is 7.98. The Morgan fingerprint density at radius 1 is 0.968 bits per heavy atom. The summed E-state index contributed by atoms with van der Waals surface area (Å²) in [5, 5.41) is 12.8. The molecular weight excluding hydrogens is 410 g/mol. The van der Waals surface area contributed by atoms with E-state index in [1.165, 1.54) is 11.8 Å². The number of amides is 1. The van der Waals surface area contributed by atoms with E-state index >= 15 is 0 Å². The molecule has 0 aliphatic carbocycles. The molecule has 0 saturated carbocycles. The maximum Gasteiger partial charge on any atom is 0.253 e. The number of benzene rings is 1. The molecule has 4 rings (SSSR count). The molecule has 31 heavy (non-hydrogen) atoms. The van der Waals surface area contributed by atoms with Crippen molar-refractivity contribution in [2.24, 2.45) is 0 Å². The molecule has 160 valence electrons. The third kappa shape index (κ3) is 4.05. The Hall–Kier alpha value is -3.20. The number of carbonyl (C=O) groups excluding carboxylic acids is 1. The summed E-state index contributed by atoms with van der Waals surface area (Å²) >= 11 is 1.47. The van der Waals surface area contributed by atoms with Crippen LogP contribution in [0, 0.1) is 27.7 Å². The number of aryl methyl sites for hydroxylation is 3. The highest BCUT2D eigenvalue weighted by Crippen LogP contribution is 2.19. The summed E-state index contributed by atoms with van der Waals surface area (Å²) < 4.78 is 3.62. The first-order valence-electron chi connectivity index (χ1n) is 10.0. The van der Waals surface area contributed by atoms with Gasteiger partial charge in [0.1, 0.15) is 0 Å². The predicted molar refractivity (Wildman–Crippen MR) is 121 cm³/mol. The summed E-state index contributed by atoms with van der Waals surface area (Å²) in [5.74, 6) is 0.493. The summed E-state index contributed by atoms with van der Waals surface area (Å²) in [6.45, 7) is 8.27. The van der Waals surface area contributed by atoms with Gasteiger partial charge in [0, 0.05) is 34.8 Å². The maximum absolute atomic E-state index is 12.8. The lowest BCUT2D eigenvalue weighted by Crippen LogP contribution is -2.26. The number of para-hydroxylation sites is 1. The Morgan fingerprint density at radius 3 is 2.42 bits per heavy atom. The highest BCUT2D eigenvalue weighted by atomic mass is 32.2. The first-order chi connectivity index (χ1) is 14.9. The molecule has 0 atom stereocenters. The Balaban J connectivity index is 1.51. The van der Waals surface area contributed by atoms with Gasteiger partial charge in [0.05, 0.1) is 17.8 Å². The number of aromatic nitrogens is 6. The summed E-state index contributed by atoms with van der Waals surface area (Å²) in [4.78, 5) is 21.7. The Bertz CT molecular complexity index is 1260. The fourth-order valence-electron chi connectivity index (χ4n) is 3.69. The summed E-state index contributed by atoms with van der Waals surface area (Å²) in [7, 11) is 0. The number of carbonyl (C=O) groups is 1. The van der Waals surface area contributed by atoms with Crippen LogP contribution in [0.15, 0.2) is 35.5 Å². The van der Waals surface area contributed by atoms with Gasteiger partial charge in [-0.1, -0.05) is 30.0 Å². The second-order valence-electron chi connectivity index (χ2n) is 7.42. The molecule has 3 aromatic heterocycles. The van der Waals surface area contributed by atoms with E-state index in [2.05, 4.69) is 25.5 Å². The molecule has 0 aliphatic rings. The zero-order chi connectivity index (χ0) is 22.1.